The molecule has 0 fully saturated rings. The van der Waals surface area contributed by atoms with E-state index >= 15 is 0 Å². The maximum absolute atomic E-state index is 13.2. The molecule has 1 aliphatic carbocycles. The summed E-state index contributed by atoms with van der Waals surface area (Å²) in [6.45, 7) is 8.34. The van der Waals surface area contributed by atoms with Crippen molar-refractivity contribution in [2.75, 3.05) is 5.32 Å². The van der Waals surface area contributed by atoms with Gasteiger partial charge in [0.25, 0.3) is 12.3 Å². The summed E-state index contributed by atoms with van der Waals surface area (Å²) >= 11 is 0. The monoisotopic (exact) mass is 358 g/mol. The third-order valence-corrected chi connectivity index (χ3v) is 5.59. The number of nitrogens with zero attached hydrogens (tertiary/aromatic N) is 1. The zero-order chi connectivity index (χ0) is 19.1. The van der Waals surface area contributed by atoms with Crippen LogP contribution in [0.4, 0.5) is 14.5 Å². The van der Waals surface area contributed by atoms with E-state index in [0.29, 0.717) is 17.2 Å². The fourth-order valence-corrected chi connectivity index (χ4v) is 4.03. The molecule has 0 bridgehead atoms. The highest BCUT2D eigenvalue weighted by molar-refractivity contribution is 6.05. The number of aromatic nitrogens is 1. The maximum Gasteiger partial charge on any atom is 0.281 e. The number of hydrogen-bond donors (Lipinski definition) is 1. The highest BCUT2D eigenvalue weighted by atomic mass is 19.3. The summed E-state index contributed by atoms with van der Waals surface area (Å²) in [6, 6.07) is 7.32. The Balaban J connectivity index is 1.96. The van der Waals surface area contributed by atoms with Crippen molar-refractivity contribution in [3.05, 3.63) is 58.4 Å². The van der Waals surface area contributed by atoms with Crippen molar-refractivity contribution in [2.24, 2.45) is 5.92 Å². The lowest BCUT2D eigenvalue weighted by atomic mass is 9.77. The van der Waals surface area contributed by atoms with E-state index in [2.05, 4.69) is 37.1 Å². The molecule has 1 unspecified atom stereocenters. The fraction of sp³-hybridized carbons (Fsp3) is 0.429. The number of carbonyl (C=O) groups is 1. The van der Waals surface area contributed by atoms with Gasteiger partial charge in [0.05, 0.1) is 5.56 Å². The zero-order valence-electron chi connectivity index (χ0n) is 15.6. The number of rotatable bonds is 4. The lowest BCUT2D eigenvalue weighted by Gasteiger charge is -2.27. The third-order valence-electron chi connectivity index (χ3n) is 5.59. The van der Waals surface area contributed by atoms with Crippen molar-refractivity contribution in [1.29, 1.82) is 0 Å². The van der Waals surface area contributed by atoms with Gasteiger partial charge in [-0.2, -0.15) is 0 Å². The first kappa shape index (κ1) is 18.5. The number of carbonyl (C=O) groups excluding carboxylic acids is 1. The molecule has 1 amide bonds. The quantitative estimate of drug-likeness (QED) is 0.791. The molecule has 1 aliphatic rings. The zero-order valence-corrected chi connectivity index (χ0v) is 15.6. The number of fused-ring (bicyclic) bond motifs is 1. The molecule has 2 aromatic rings. The number of amides is 1. The molecule has 3 rings (SSSR count). The van der Waals surface area contributed by atoms with Crippen LogP contribution < -0.4 is 5.32 Å². The van der Waals surface area contributed by atoms with E-state index in [4.69, 9.17) is 0 Å². The first-order valence-electron chi connectivity index (χ1n) is 8.94. The minimum Gasteiger partial charge on any atom is -0.322 e. The first-order chi connectivity index (χ1) is 12.3. The van der Waals surface area contributed by atoms with Crippen LogP contribution in [0.25, 0.3) is 0 Å². The van der Waals surface area contributed by atoms with Crippen molar-refractivity contribution >= 4 is 11.6 Å². The van der Waals surface area contributed by atoms with Crippen LogP contribution in [0.1, 0.15) is 66.4 Å². The van der Waals surface area contributed by atoms with E-state index in [1.165, 1.54) is 17.8 Å². The van der Waals surface area contributed by atoms with Crippen LogP contribution in [0.5, 0.6) is 0 Å². The van der Waals surface area contributed by atoms with Crippen molar-refractivity contribution in [1.82, 2.24) is 4.98 Å². The number of nitrogens with one attached hydrogen (secondary N) is 1. The fourth-order valence-electron chi connectivity index (χ4n) is 4.03. The van der Waals surface area contributed by atoms with E-state index < -0.39 is 18.0 Å². The second-order valence-corrected chi connectivity index (χ2v) is 7.56. The molecule has 26 heavy (non-hydrogen) atoms. The van der Waals surface area contributed by atoms with Gasteiger partial charge >= 0.3 is 0 Å². The lowest BCUT2D eigenvalue weighted by molar-refractivity contribution is 0.100. The average Bonchev–Trinajstić information content (AvgIpc) is 2.86. The molecule has 138 valence electrons. The number of anilines is 1. The SMILES string of the molecule is CCC1Cc2c(NC(=O)c3cc(C)cnc3C(F)F)cccc2C1(C)C. The molecular weight excluding hydrogens is 334 g/mol. The minimum atomic E-state index is -2.79. The van der Waals surface area contributed by atoms with Crippen LogP contribution in [0.3, 0.4) is 0 Å². The molecule has 0 spiro atoms. The van der Waals surface area contributed by atoms with E-state index in [9.17, 15) is 13.6 Å². The maximum atomic E-state index is 13.2. The Morgan fingerprint density at radius 1 is 1.38 bits per heavy atom. The molecule has 1 aromatic heterocycles. The van der Waals surface area contributed by atoms with Gasteiger partial charge < -0.3 is 5.32 Å². The van der Waals surface area contributed by atoms with Crippen LogP contribution >= 0.6 is 0 Å². The molecule has 3 nitrogen and oxygen atoms in total. The topological polar surface area (TPSA) is 42.0 Å². The normalized spacial score (nSPS) is 18.0. The Morgan fingerprint density at radius 3 is 2.77 bits per heavy atom. The number of pyridine rings is 1. The van der Waals surface area contributed by atoms with Crippen molar-refractivity contribution in [3.63, 3.8) is 0 Å². The van der Waals surface area contributed by atoms with E-state index in [1.807, 2.05) is 12.1 Å². The van der Waals surface area contributed by atoms with Gasteiger partial charge in [0.2, 0.25) is 0 Å². The summed E-state index contributed by atoms with van der Waals surface area (Å²) in [5, 5.41) is 2.85. The summed E-state index contributed by atoms with van der Waals surface area (Å²) in [4.78, 5) is 16.5. The number of hydrogen-bond acceptors (Lipinski definition) is 2. The van der Waals surface area contributed by atoms with Gasteiger partial charge in [0.1, 0.15) is 5.69 Å². The van der Waals surface area contributed by atoms with Gasteiger partial charge in [-0.3, -0.25) is 9.78 Å². The Morgan fingerprint density at radius 2 is 2.12 bits per heavy atom. The molecule has 0 radical (unpaired) electrons. The third kappa shape index (κ3) is 3.11. The molecule has 5 heteroatoms. The standard InChI is InChI=1S/C21H24F2N2O/c1-5-13-10-14-16(21(13,3)4)7-6-8-17(14)25-20(26)15-9-12(2)11-24-18(15)19(22)23/h6-9,11,13,19H,5,10H2,1-4H3,(H,25,26). The predicted octanol–water partition coefficient (Wildman–Crippen LogP) is 5.44. The summed E-state index contributed by atoms with van der Waals surface area (Å²) in [6.07, 6.45) is 0.490. The Bertz CT molecular complexity index is 846. The summed E-state index contributed by atoms with van der Waals surface area (Å²) in [5.41, 5.74) is 3.19. The second kappa shape index (κ2) is 6.78. The van der Waals surface area contributed by atoms with Gasteiger partial charge in [-0.25, -0.2) is 8.78 Å². The molecule has 1 aromatic carbocycles. The van der Waals surface area contributed by atoms with Crippen LogP contribution in [0, 0.1) is 12.8 Å². The summed E-state index contributed by atoms with van der Waals surface area (Å²) in [7, 11) is 0. The smallest absolute Gasteiger partial charge is 0.281 e. The molecule has 1 atom stereocenters. The Kier molecular flexibility index (Phi) is 4.82. The van der Waals surface area contributed by atoms with Crippen LogP contribution in [0.15, 0.2) is 30.5 Å². The van der Waals surface area contributed by atoms with Crippen LogP contribution in [0.2, 0.25) is 0 Å². The number of aryl methyl sites for hydroxylation is 1. The largest absolute Gasteiger partial charge is 0.322 e. The van der Waals surface area contributed by atoms with Gasteiger partial charge in [-0.05, 0) is 53.5 Å². The van der Waals surface area contributed by atoms with E-state index in [1.54, 1.807) is 6.92 Å². The highest BCUT2D eigenvalue weighted by Gasteiger charge is 2.39. The minimum absolute atomic E-state index is 0.0316. The molecule has 1 N–H and O–H groups in total. The summed E-state index contributed by atoms with van der Waals surface area (Å²) in [5.74, 6) is -0.0459. The molecule has 0 saturated carbocycles. The molecule has 0 aliphatic heterocycles. The van der Waals surface area contributed by atoms with Gasteiger partial charge in [0.15, 0.2) is 0 Å². The molecular formula is C21H24F2N2O. The Labute approximate surface area is 152 Å². The van der Waals surface area contributed by atoms with Crippen LogP contribution in [-0.4, -0.2) is 10.9 Å². The van der Waals surface area contributed by atoms with E-state index in [0.717, 1.165) is 18.4 Å². The summed E-state index contributed by atoms with van der Waals surface area (Å²) < 4.78 is 26.5. The highest BCUT2D eigenvalue weighted by Crippen LogP contribution is 2.46. The predicted molar refractivity (Wildman–Crippen MR) is 98.8 cm³/mol. The van der Waals surface area contributed by atoms with Gasteiger partial charge in [0, 0.05) is 11.9 Å². The second-order valence-electron chi connectivity index (χ2n) is 7.56. The van der Waals surface area contributed by atoms with Gasteiger partial charge in [-0.15, -0.1) is 0 Å². The number of halogens is 2. The first-order valence-corrected chi connectivity index (χ1v) is 8.94. The lowest BCUT2D eigenvalue weighted by Crippen LogP contribution is -2.23. The van der Waals surface area contributed by atoms with E-state index in [-0.39, 0.29) is 11.0 Å². The van der Waals surface area contributed by atoms with Crippen molar-refractivity contribution < 1.29 is 13.6 Å². The van der Waals surface area contributed by atoms with Crippen molar-refractivity contribution in [3.8, 4) is 0 Å². The van der Waals surface area contributed by atoms with Crippen molar-refractivity contribution in [2.45, 2.75) is 52.4 Å². The van der Waals surface area contributed by atoms with Gasteiger partial charge in [-0.1, -0.05) is 39.3 Å². The number of alkyl halides is 2. The van der Waals surface area contributed by atoms with Crippen LogP contribution in [-0.2, 0) is 11.8 Å². The molecule has 0 saturated heterocycles. The Hall–Kier alpha value is -2.30. The number of benzene rings is 1. The average molecular weight is 358 g/mol. The molecule has 1 heterocycles.